The van der Waals surface area contributed by atoms with Crippen molar-refractivity contribution in [3.05, 3.63) is 88.7 Å². The molecule has 4 aromatic rings. The molecule has 7 nitrogen and oxygen atoms in total. The summed E-state index contributed by atoms with van der Waals surface area (Å²) < 4.78 is 28.5. The fourth-order valence-corrected chi connectivity index (χ4v) is 3.11. The lowest BCUT2D eigenvalue weighted by Crippen LogP contribution is -2.13. The van der Waals surface area contributed by atoms with Crippen LogP contribution >= 0.6 is 0 Å². The summed E-state index contributed by atoms with van der Waals surface area (Å²) in [6.45, 7) is 5.94. The first-order valence-corrected chi connectivity index (χ1v) is 9.82. The summed E-state index contributed by atoms with van der Waals surface area (Å²) in [5.74, 6) is -1.16. The Morgan fingerprint density at radius 1 is 0.906 bits per heavy atom. The Morgan fingerprint density at radius 3 is 2.22 bits per heavy atom. The smallest absolute Gasteiger partial charge is 0.258 e. The monoisotopic (exact) mass is 434 g/mol. The van der Waals surface area contributed by atoms with Crippen LogP contribution in [0.15, 0.2) is 54.6 Å². The summed E-state index contributed by atoms with van der Waals surface area (Å²) in [5.41, 5.74) is 4.02. The predicted molar refractivity (Wildman–Crippen MR) is 117 cm³/mol. The normalized spacial score (nSPS) is 10.8. The van der Waals surface area contributed by atoms with E-state index in [-0.39, 0.29) is 5.56 Å². The van der Waals surface area contributed by atoms with E-state index in [0.29, 0.717) is 23.4 Å². The molecule has 2 aromatic carbocycles. The zero-order chi connectivity index (χ0) is 22.8. The van der Waals surface area contributed by atoms with Crippen LogP contribution in [-0.4, -0.2) is 25.9 Å². The molecule has 0 aliphatic carbocycles. The largest absolute Gasteiger partial charge is 0.339 e. The van der Waals surface area contributed by atoms with E-state index in [2.05, 4.69) is 25.9 Å². The summed E-state index contributed by atoms with van der Waals surface area (Å²) in [7, 11) is 0. The predicted octanol–water partition coefficient (Wildman–Crippen LogP) is 4.86. The first kappa shape index (κ1) is 21.1. The molecule has 2 N–H and O–H groups in total. The number of benzene rings is 2. The summed E-state index contributed by atoms with van der Waals surface area (Å²) in [5, 5.41) is 18.6. The first-order valence-electron chi connectivity index (χ1n) is 9.82. The Morgan fingerprint density at radius 2 is 1.62 bits per heavy atom. The number of nitrogens with one attached hydrogen (secondary N) is 2. The van der Waals surface area contributed by atoms with Crippen molar-refractivity contribution >= 4 is 23.1 Å². The fourth-order valence-electron chi connectivity index (χ4n) is 3.11. The maximum atomic E-state index is 13.8. The molecule has 162 valence electrons. The van der Waals surface area contributed by atoms with Crippen LogP contribution in [0.2, 0.25) is 0 Å². The number of carbonyl (C=O) groups is 1. The molecule has 9 heteroatoms. The molecule has 0 aliphatic heterocycles. The summed E-state index contributed by atoms with van der Waals surface area (Å²) >= 11 is 0. The first-order chi connectivity index (χ1) is 15.3. The molecule has 0 spiro atoms. The van der Waals surface area contributed by atoms with E-state index in [1.807, 2.05) is 26.8 Å². The lowest BCUT2D eigenvalue weighted by Gasteiger charge is -2.09. The van der Waals surface area contributed by atoms with Crippen molar-refractivity contribution in [1.29, 1.82) is 0 Å². The van der Waals surface area contributed by atoms with Crippen LogP contribution in [0.3, 0.4) is 0 Å². The van der Waals surface area contributed by atoms with Gasteiger partial charge in [0.05, 0.1) is 11.3 Å². The van der Waals surface area contributed by atoms with Crippen LogP contribution in [0, 0.1) is 32.4 Å². The van der Waals surface area contributed by atoms with E-state index in [1.54, 1.807) is 35.0 Å². The number of hydrogen-bond acceptors (Lipinski definition) is 5. The van der Waals surface area contributed by atoms with E-state index >= 15 is 0 Å². The highest BCUT2D eigenvalue weighted by molar-refractivity contribution is 6.04. The van der Waals surface area contributed by atoms with Gasteiger partial charge < -0.3 is 10.6 Å². The Balaban J connectivity index is 1.42. The number of anilines is 3. The van der Waals surface area contributed by atoms with Crippen molar-refractivity contribution < 1.29 is 13.6 Å². The minimum absolute atomic E-state index is 0.234. The molecule has 0 bridgehead atoms. The number of rotatable bonds is 5. The highest BCUT2D eigenvalue weighted by Gasteiger charge is 2.13. The van der Waals surface area contributed by atoms with E-state index in [1.165, 1.54) is 0 Å². The van der Waals surface area contributed by atoms with Crippen molar-refractivity contribution in [2.75, 3.05) is 10.6 Å². The van der Waals surface area contributed by atoms with Gasteiger partial charge in [-0.2, -0.15) is 5.10 Å². The molecule has 0 fully saturated rings. The molecular weight excluding hydrogens is 414 g/mol. The number of amides is 1. The van der Waals surface area contributed by atoms with Gasteiger partial charge in [-0.1, -0.05) is 0 Å². The van der Waals surface area contributed by atoms with E-state index in [0.717, 1.165) is 34.8 Å². The van der Waals surface area contributed by atoms with Crippen LogP contribution in [0.5, 0.6) is 0 Å². The van der Waals surface area contributed by atoms with Crippen molar-refractivity contribution in [3.63, 3.8) is 0 Å². The maximum Gasteiger partial charge on any atom is 0.258 e. The Kier molecular flexibility index (Phi) is 5.63. The van der Waals surface area contributed by atoms with Gasteiger partial charge in [0.15, 0.2) is 11.6 Å². The highest BCUT2D eigenvalue weighted by Crippen LogP contribution is 2.20. The molecule has 2 heterocycles. The average Bonchev–Trinajstić information content (AvgIpc) is 3.03. The van der Waals surface area contributed by atoms with Crippen LogP contribution in [-0.2, 0) is 0 Å². The Labute approximate surface area is 183 Å². The zero-order valence-corrected chi connectivity index (χ0v) is 17.6. The standard InChI is InChI=1S/C23H20F2N6O/c1-13-14(2)30-31(15(13)3)22-11-10-21(28-29-22)26-17-5-7-18(8-6-17)27-23(32)19-9-4-16(24)12-20(19)25/h4-12H,1-3H3,(H,26,28)(H,27,32). The second kappa shape index (κ2) is 8.54. The lowest BCUT2D eigenvalue weighted by molar-refractivity contribution is 0.102. The Hall–Kier alpha value is -4.14. The van der Waals surface area contributed by atoms with Crippen molar-refractivity contribution in [1.82, 2.24) is 20.0 Å². The third-order valence-corrected chi connectivity index (χ3v) is 5.11. The molecule has 1 amide bonds. The number of carbonyl (C=O) groups excluding carboxylic acids is 1. The molecule has 2 aromatic heterocycles. The number of halogens is 2. The van der Waals surface area contributed by atoms with Gasteiger partial charge in [-0.15, -0.1) is 10.2 Å². The lowest BCUT2D eigenvalue weighted by atomic mass is 10.2. The number of aryl methyl sites for hydroxylation is 1. The second-order valence-electron chi connectivity index (χ2n) is 7.27. The van der Waals surface area contributed by atoms with Crippen molar-refractivity contribution in [3.8, 4) is 5.82 Å². The quantitative estimate of drug-likeness (QED) is 0.469. The van der Waals surface area contributed by atoms with Crippen LogP contribution in [0.4, 0.5) is 26.0 Å². The van der Waals surface area contributed by atoms with Crippen LogP contribution in [0.1, 0.15) is 27.3 Å². The van der Waals surface area contributed by atoms with Gasteiger partial charge >= 0.3 is 0 Å². The van der Waals surface area contributed by atoms with Gasteiger partial charge in [0, 0.05) is 23.1 Å². The van der Waals surface area contributed by atoms with E-state index in [4.69, 9.17) is 0 Å². The van der Waals surface area contributed by atoms with Crippen LogP contribution in [0.25, 0.3) is 5.82 Å². The van der Waals surface area contributed by atoms with Gasteiger partial charge in [-0.05, 0) is 74.9 Å². The summed E-state index contributed by atoms with van der Waals surface area (Å²) in [6, 6.07) is 13.2. The van der Waals surface area contributed by atoms with Crippen molar-refractivity contribution in [2.45, 2.75) is 20.8 Å². The third kappa shape index (κ3) is 4.31. The Bertz CT molecular complexity index is 1280. The van der Waals surface area contributed by atoms with Gasteiger partial charge in [-0.3, -0.25) is 4.79 Å². The van der Waals surface area contributed by atoms with E-state index < -0.39 is 17.5 Å². The molecule has 4 rings (SSSR count). The molecule has 32 heavy (non-hydrogen) atoms. The topological polar surface area (TPSA) is 84.7 Å². The molecule has 0 unspecified atom stereocenters. The minimum Gasteiger partial charge on any atom is -0.339 e. The number of aromatic nitrogens is 4. The molecule has 0 saturated carbocycles. The molecule has 0 saturated heterocycles. The SMILES string of the molecule is Cc1nn(-c2ccc(Nc3ccc(NC(=O)c4ccc(F)cc4F)cc3)nn2)c(C)c1C. The van der Waals surface area contributed by atoms with Gasteiger partial charge in [-0.25, -0.2) is 13.5 Å². The maximum absolute atomic E-state index is 13.8. The zero-order valence-electron chi connectivity index (χ0n) is 17.6. The minimum atomic E-state index is -0.918. The molecule has 0 radical (unpaired) electrons. The van der Waals surface area contributed by atoms with Crippen LogP contribution < -0.4 is 10.6 Å². The third-order valence-electron chi connectivity index (χ3n) is 5.11. The number of nitrogens with zero attached hydrogens (tertiary/aromatic N) is 4. The number of hydrogen-bond donors (Lipinski definition) is 2. The molecule has 0 atom stereocenters. The van der Waals surface area contributed by atoms with E-state index in [9.17, 15) is 13.6 Å². The fraction of sp³-hybridized carbons (Fsp3) is 0.130. The van der Waals surface area contributed by atoms with Gasteiger partial charge in [0.1, 0.15) is 11.6 Å². The average molecular weight is 434 g/mol. The molecule has 0 aliphatic rings. The van der Waals surface area contributed by atoms with Gasteiger partial charge in [0.2, 0.25) is 0 Å². The second-order valence-corrected chi connectivity index (χ2v) is 7.27. The van der Waals surface area contributed by atoms with Crippen molar-refractivity contribution in [2.24, 2.45) is 0 Å². The molecular formula is C23H20F2N6O. The summed E-state index contributed by atoms with van der Waals surface area (Å²) in [6.07, 6.45) is 0. The van der Waals surface area contributed by atoms with Gasteiger partial charge in [0.25, 0.3) is 5.91 Å². The highest BCUT2D eigenvalue weighted by atomic mass is 19.1. The summed E-state index contributed by atoms with van der Waals surface area (Å²) in [4.78, 5) is 12.2.